The van der Waals surface area contributed by atoms with Gasteiger partial charge in [0, 0.05) is 38.4 Å². The summed E-state index contributed by atoms with van der Waals surface area (Å²) in [6.45, 7) is 4.65. The van der Waals surface area contributed by atoms with Crippen molar-refractivity contribution in [2.45, 2.75) is 19.3 Å². The third-order valence-corrected chi connectivity index (χ3v) is 11.9. The molecule has 2 aromatic heterocycles. The van der Waals surface area contributed by atoms with Crippen LogP contribution in [-0.4, -0.2) is 9.97 Å². The molecule has 0 saturated heterocycles. The van der Waals surface area contributed by atoms with E-state index in [-0.39, 0.29) is 5.41 Å². The van der Waals surface area contributed by atoms with Crippen molar-refractivity contribution in [2.75, 3.05) is 0 Å². The molecule has 10 aromatic rings. The highest BCUT2D eigenvalue weighted by Crippen LogP contribution is 2.52. The normalized spacial score (nSPS) is 12.8. The van der Waals surface area contributed by atoms with Crippen LogP contribution in [0.5, 0.6) is 0 Å². The number of para-hydroxylation sites is 2. The van der Waals surface area contributed by atoms with Gasteiger partial charge in [0.25, 0.3) is 0 Å². The third-order valence-electron chi connectivity index (χ3n) is 11.9. The summed E-state index contributed by atoms with van der Waals surface area (Å²) in [7, 11) is 0. The minimum Gasteiger partial charge on any atom is -0.455 e. The Balaban J connectivity index is 1.17. The van der Waals surface area contributed by atoms with Crippen LogP contribution in [0, 0.1) is 0 Å². The van der Waals surface area contributed by atoms with Crippen LogP contribution in [0.4, 0.5) is 0 Å². The van der Waals surface area contributed by atoms with E-state index in [0.29, 0.717) is 5.82 Å². The first-order valence-corrected chi connectivity index (χ1v) is 19.9. The molecule has 0 unspecified atom stereocenters. The van der Waals surface area contributed by atoms with Crippen molar-refractivity contribution in [1.82, 2.24) is 9.97 Å². The highest BCUT2D eigenvalue weighted by Gasteiger charge is 2.37. The molecule has 3 heteroatoms. The summed E-state index contributed by atoms with van der Waals surface area (Å²) in [5, 5.41) is 2.22. The number of benzene rings is 8. The lowest BCUT2D eigenvalue weighted by atomic mass is 9.82. The van der Waals surface area contributed by atoms with Crippen molar-refractivity contribution < 1.29 is 4.42 Å². The molecule has 2 heterocycles. The molecule has 0 fully saturated rings. The molecule has 11 rings (SSSR count). The molecule has 0 bridgehead atoms. The van der Waals surface area contributed by atoms with Gasteiger partial charge in [0.2, 0.25) is 0 Å². The van der Waals surface area contributed by atoms with Gasteiger partial charge in [0.15, 0.2) is 5.82 Å². The topological polar surface area (TPSA) is 38.9 Å². The maximum atomic E-state index is 6.59. The number of hydrogen-bond acceptors (Lipinski definition) is 3. The minimum absolute atomic E-state index is 0.138. The zero-order chi connectivity index (χ0) is 38.8. The van der Waals surface area contributed by atoms with Crippen molar-refractivity contribution in [3.05, 3.63) is 205 Å². The van der Waals surface area contributed by atoms with Crippen LogP contribution in [0.2, 0.25) is 0 Å². The number of furan rings is 1. The maximum absolute atomic E-state index is 6.59. The first-order valence-electron chi connectivity index (χ1n) is 19.9. The lowest BCUT2D eigenvalue weighted by Crippen LogP contribution is -2.14. The van der Waals surface area contributed by atoms with Gasteiger partial charge < -0.3 is 4.42 Å². The van der Waals surface area contributed by atoms with Crippen LogP contribution >= 0.6 is 0 Å². The number of hydrogen-bond donors (Lipinski definition) is 0. The average Bonchev–Trinajstić information content (AvgIpc) is 3.79. The second-order valence-electron chi connectivity index (χ2n) is 15.8. The van der Waals surface area contributed by atoms with Gasteiger partial charge >= 0.3 is 0 Å². The lowest BCUT2D eigenvalue weighted by molar-refractivity contribution is 0.660. The van der Waals surface area contributed by atoms with Crippen LogP contribution < -0.4 is 0 Å². The minimum atomic E-state index is -0.138. The monoisotopic (exact) mass is 742 g/mol. The van der Waals surface area contributed by atoms with Gasteiger partial charge in [-0.2, -0.15) is 0 Å². The molecule has 1 aliphatic carbocycles. The van der Waals surface area contributed by atoms with Crippen LogP contribution in [0.25, 0.3) is 100 Å². The van der Waals surface area contributed by atoms with Crippen molar-refractivity contribution >= 4 is 21.9 Å². The Hall–Kier alpha value is -7.36. The Kier molecular flexibility index (Phi) is 7.84. The first-order chi connectivity index (χ1) is 28.5. The van der Waals surface area contributed by atoms with Crippen molar-refractivity contribution in [3.8, 4) is 78.4 Å². The zero-order valence-corrected chi connectivity index (χ0v) is 32.3. The standard InChI is InChI=1S/C55H38N2O/c1-55(2)47-27-11-9-23-45(47)52-46(26-15-28-48(52)55)50-34-49(56-54(57-50)38-21-13-20-37(30-38)35-16-5-3-6-17-35)41-32-39(36-18-7-4-8-19-36)31-40(33-41)42-24-14-25-44-43-22-10-12-29-51(43)58-53(42)44/h3-34H,1-2H3. The number of aromatic nitrogens is 2. The van der Waals surface area contributed by atoms with Crippen LogP contribution in [-0.2, 0) is 5.41 Å². The van der Waals surface area contributed by atoms with E-state index < -0.39 is 0 Å². The van der Waals surface area contributed by atoms with Gasteiger partial charge in [-0.25, -0.2) is 9.97 Å². The summed E-state index contributed by atoms with van der Waals surface area (Å²) >= 11 is 0. The second kappa shape index (κ2) is 13.4. The van der Waals surface area contributed by atoms with E-state index in [1.165, 1.54) is 22.3 Å². The van der Waals surface area contributed by atoms with E-state index in [1.807, 2.05) is 12.1 Å². The van der Waals surface area contributed by atoms with Crippen molar-refractivity contribution in [1.29, 1.82) is 0 Å². The van der Waals surface area contributed by atoms with Crippen LogP contribution in [0.15, 0.2) is 199 Å². The summed E-state index contributed by atoms with van der Waals surface area (Å²) in [5.74, 6) is 0.680. The van der Waals surface area contributed by atoms with E-state index in [4.69, 9.17) is 14.4 Å². The fourth-order valence-corrected chi connectivity index (χ4v) is 9.00. The molecule has 0 radical (unpaired) electrons. The summed E-state index contributed by atoms with van der Waals surface area (Å²) in [6.07, 6.45) is 0. The SMILES string of the molecule is CC1(C)c2ccccc2-c2c(-c3cc(-c4cc(-c5ccccc5)cc(-c5cccc6c5oc5ccccc56)c4)nc(-c4cccc(-c5ccccc5)c4)n3)cccc21. The van der Waals surface area contributed by atoms with Gasteiger partial charge in [0.1, 0.15) is 11.2 Å². The molecule has 0 N–H and O–H groups in total. The molecule has 0 spiro atoms. The first kappa shape index (κ1) is 33.9. The van der Waals surface area contributed by atoms with Gasteiger partial charge in [-0.15, -0.1) is 0 Å². The second-order valence-corrected chi connectivity index (χ2v) is 15.8. The zero-order valence-electron chi connectivity index (χ0n) is 32.3. The van der Waals surface area contributed by atoms with Gasteiger partial charge in [0.05, 0.1) is 11.4 Å². The molecular formula is C55H38N2O. The Morgan fingerprint density at radius 3 is 1.78 bits per heavy atom. The Morgan fingerprint density at radius 2 is 0.931 bits per heavy atom. The summed E-state index contributed by atoms with van der Waals surface area (Å²) in [4.78, 5) is 10.9. The fraction of sp³-hybridized carbons (Fsp3) is 0.0545. The predicted octanol–water partition coefficient (Wildman–Crippen LogP) is 14.7. The number of fused-ring (bicyclic) bond motifs is 6. The van der Waals surface area contributed by atoms with Gasteiger partial charge in [-0.3, -0.25) is 0 Å². The van der Waals surface area contributed by atoms with Gasteiger partial charge in [-0.1, -0.05) is 172 Å². The van der Waals surface area contributed by atoms with E-state index in [0.717, 1.165) is 83.4 Å². The molecule has 8 aromatic carbocycles. The Labute approximate surface area is 338 Å². The average molecular weight is 743 g/mol. The predicted molar refractivity (Wildman–Crippen MR) is 239 cm³/mol. The maximum Gasteiger partial charge on any atom is 0.160 e. The van der Waals surface area contributed by atoms with Crippen molar-refractivity contribution in [3.63, 3.8) is 0 Å². The van der Waals surface area contributed by atoms with E-state index in [2.05, 4.69) is 196 Å². The number of rotatable bonds is 6. The Bertz CT molecular complexity index is 3190. The quantitative estimate of drug-likeness (QED) is 0.170. The molecular weight excluding hydrogens is 705 g/mol. The lowest BCUT2D eigenvalue weighted by Gasteiger charge is -2.21. The molecule has 1 aliphatic rings. The number of nitrogens with zero attached hydrogens (tertiary/aromatic N) is 2. The van der Waals surface area contributed by atoms with Crippen LogP contribution in [0.3, 0.4) is 0 Å². The van der Waals surface area contributed by atoms with E-state index in [9.17, 15) is 0 Å². The van der Waals surface area contributed by atoms with Crippen LogP contribution in [0.1, 0.15) is 25.0 Å². The molecule has 58 heavy (non-hydrogen) atoms. The van der Waals surface area contributed by atoms with Gasteiger partial charge in [-0.05, 0) is 86.5 Å². The smallest absolute Gasteiger partial charge is 0.160 e. The van der Waals surface area contributed by atoms with Crippen molar-refractivity contribution in [2.24, 2.45) is 0 Å². The van der Waals surface area contributed by atoms with E-state index >= 15 is 0 Å². The molecule has 0 amide bonds. The highest BCUT2D eigenvalue weighted by atomic mass is 16.3. The molecule has 274 valence electrons. The highest BCUT2D eigenvalue weighted by molar-refractivity contribution is 6.10. The van der Waals surface area contributed by atoms with E-state index in [1.54, 1.807) is 0 Å². The molecule has 0 atom stereocenters. The summed E-state index contributed by atoms with van der Waals surface area (Å²) in [5.41, 5.74) is 18.2. The summed E-state index contributed by atoms with van der Waals surface area (Å²) in [6, 6.07) is 68.9. The molecule has 3 nitrogen and oxygen atoms in total. The molecule has 0 saturated carbocycles. The molecule has 0 aliphatic heterocycles. The fourth-order valence-electron chi connectivity index (χ4n) is 9.00. The third kappa shape index (κ3) is 5.58. The summed E-state index contributed by atoms with van der Waals surface area (Å²) < 4.78 is 6.59. The Morgan fingerprint density at radius 1 is 0.379 bits per heavy atom. The largest absolute Gasteiger partial charge is 0.455 e.